The molecule has 1 aliphatic heterocycles. The highest BCUT2D eigenvalue weighted by molar-refractivity contribution is 7.88. The fourth-order valence-corrected chi connectivity index (χ4v) is 3.59. The molecule has 0 saturated carbocycles. The summed E-state index contributed by atoms with van der Waals surface area (Å²) >= 11 is 0. The van der Waals surface area contributed by atoms with E-state index in [0.29, 0.717) is 12.2 Å². The summed E-state index contributed by atoms with van der Waals surface area (Å²) < 4.78 is 25.6. The van der Waals surface area contributed by atoms with Gasteiger partial charge in [0.2, 0.25) is 15.9 Å². The molecule has 28 heavy (non-hydrogen) atoms. The number of fused-ring (bicyclic) bond motifs is 1. The molecular formula is C18H29N5O4S. The molecule has 0 bridgehead atoms. The Labute approximate surface area is 166 Å². The molecular weight excluding hydrogens is 382 g/mol. The first-order valence-electron chi connectivity index (χ1n) is 9.24. The van der Waals surface area contributed by atoms with Crippen LogP contribution in [-0.4, -0.2) is 63.2 Å². The maximum atomic E-state index is 13.4. The van der Waals surface area contributed by atoms with E-state index < -0.39 is 28.1 Å². The fraction of sp³-hybridized carbons (Fsp3) is 0.611. The van der Waals surface area contributed by atoms with Crippen LogP contribution in [0.4, 0.5) is 5.82 Å². The minimum absolute atomic E-state index is 0.0760. The lowest BCUT2D eigenvalue weighted by Crippen LogP contribution is -2.57. The van der Waals surface area contributed by atoms with Crippen molar-refractivity contribution in [3.05, 3.63) is 23.9 Å². The van der Waals surface area contributed by atoms with Gasteiger partial charge < -0.3 is 10.6 Å². The predicted octanol–water partition coefficient (Wildman–Crippen LogP) is -0.363. The molecule has 0 fully saturated rings. The summed E-state index contributed by atoms with van der Waals surface area (Å²) in [5.41, 5.74) is 0.869. The van der Waals surface area contributed by atoms with Crippen molar-refractivity contribution >= 4 is 27.7 Å². The number of aromatic nitrogens is 1. The first-order chi connectivity index (χ1) is 13.0. The predicted molar refractivity (Wildman–Crippen MR) is 107 cm³/mol. The zero-order valence-electron chi connectivity index (χ0n) is 16.9. The highest BCUT2D eigenvalue weighted by Gasteiger charge is 2.39. The molecule has 2 heterocycles. The average Bonchev–Trinajstić information content (AvgIpc) is 3.00. The van der Waals surface area contributed by atoms with E-state index in [1.54, 1.807) is 26.2 Å². The standard InChI is InChI=1S/C18H29N5O4S/c1-11(2)15(22-17(24)12(3)19-4)18(25)23-14(10-21-28(5,26)27)9-13-7-6-8-20-16(13)23/h6-8,11-12,14-15,19,21H,9-10H2,1-5H3,(H,22,24)/t12-,14-,15-/m0/s1. The Bertz CT molecular complexity index is 827. The Morgan fingerprint density at radius 2 is 2.00 bits per heavy atom. The highest BCUT2D eigenvalue weighted by atomic mass is 32.2. The number of likely N-dealkylation sites (N-methyl/N-ethyl adjacent to an activating group) is 1. The number of sulfonamides is 1. The second-order valence-corrected chi connectivity index (χ2v) is 9.25. The van der Waals surface area contributed by atoms with Crippen LogP contribution in [-0.2, 0) is 26.0 Å². The lowest BCUT2D eigenvalue weighted by atomic mass is 10.0. The van der Waals surface area contributed by atoms with Crippen LogP contribution < -0.4 is 20.3 Å². The lowest BCUT2D eigenvalue weighted by molar-refractivity contribution is -0.129. The first kappa shape index (κ1) is 22.3. The van der Waals surface area contributed by atoms with Crippen molar-refractivity contribution in [3.8, 4) is 0 Å². The molecule has 0 radical (unpaired) electrons. The Hall–Kier alpha value is -2.04. The molecule has 3 atom stereocenters. The van der Waals surface area contributed by atoms with E-state index in [1.165, 1.54) is 4.90 Å². The molecule has 0 unspecified atom stereocenters. The number of pyridine rings is 1. The van der Waals surface area contributed by atoms with Gasteiger partial charge in [0.25, 0.3) is 5.91 Å². The second-order valence-electron chi connectivity index (χ2n) is 7.41. The van der Waals surface area contributed by atoms with Crippen LogP contribution in [0.25, 0.3) is 0 Å². The molecule has 1 aromatic rings. The van der Waals surface area contributed by atoms with Gasteiger partial charge in [-0.3, -0.25) is 14.5 Å². The molecule has 0 spiro atoms. The van der Waals surface area contributed by atoms with Crippen molar-refractivity contribution in [3.63, 3.8) is 0 Å². The Morgan fingerprint density at radius 3 is 2.57 bits per heavy atom. The quantitative estimate of drug-likeness (QED) is 0.537. The van der Waals surface area contributed by atoms with Gasteiger partial charge in [0.15, 0.2) is 0 Å². The molecule has 0 saturated heterocycles. The number of anilines is 1. The van der Waals surface area contributed by atoms with Crippen molar-refractivity contribution in [1.82, 2.24) is 20.3 Å². The van der Waals surface area contributed by atoms with Crippen LogP contribution in [0.2, 0.25) is 0 Å². The van der Waals surface area contributed by atoms with Crippen LogP contribution in [0.1, 0.15) is 26.3 Å². The van der Waals surface area contributed by atoms with Gasteiger partial charge in [0.05, 0.1) is 18.3 Å². The third-order valence-electron chi connectivity index (χ3n) is 4.79. The van der Waals surface area contributed by atoms with Gasteiger partial charge in [-0.1, -0.05) is 19.9 Å². The fourth-order valence-electron chi connectivity index (χ4n) is 3.09. The molecule has 10 heteroatoms. The Morgan fingerprint density at radius 1 is 1.32 bits per heavy atom. The highest BCUT2D eigenvalue weighted by Crippen LogP contribution is 2.31. The number of carbonyl (C=O) groups excluding carboxylic acids is 2. The minimum Gasteiger partial charge on any atom is -0.343 e. The summed E-state index contributed by atoms with van der Waals surface area (Å²) in [7, 11) is -1.73. The van der Waals surface area contributed by atoms with Crippen LogP contribution in [0.3, 0.4) is 0 Å². The largest absolute Gasteiger partial charge is 0.343 e. The van der Waals surface area contributed by atoms with Crippen LogP contribution in [0.15, 0.2) is 18.3 Å². The molecule has 1 aliphatic rings. The molecule has 1 aromatic heterocycles. The number of carbonyl (C=O) groups is 2. The summed E-state index contributed by atoms with van der Waals surface area (Å²) in [6.45, 7) is 5.49. The van der Waals surface area contributed by atoms with E-state index in [4.69, 9.17) is 0 Å². The van der Waals surface area contributed by atoms with Gasteiger partial charge in [-0.2, -0.15) is 0 Å². The topological polar surface area (TPSA) is 120 Å². The van der Waals surface area contributed by atoms with Crippen LogP contribution in [0.5, 0.6) is 0 Å². The minimum atomic E-state index is -3.40. The third kappa shape index (κ3) is 5.27. The SMILES string of the molecule is CN[C@@H](C)C(=O)N[C@H](C(=O)N1c2ncccc2C[C@H]1CNS(C)(=O)=O)C(C)C. The number of nitrogens with one attached hydrogen (secondary N) is 3. The van der Waals surface area contributed by atoms with E-state index in [9.17, 15) is 18.0 Å². The zero-order chi connectivity index (χ0) is 21.1. The smallest absolute Gasteiger partial charge is 0.251 e. The van der Waals surface area contributed by atoms with Crippen molar-refractivity contribution in [2.45, 2.75) is 45.3 Å². The van der Waals surface area contributed by atoms with E-state index in [1.807, 2.05) is 19.9 Å². The van der Waals surface area contributed by atoms with E-state index in [2.05, 4.69) is 20.3 Å². The van der Waals surface area contributed by atoms with Crippen LogP contribution in [0, 0.1) is 5.92 Å². The van der Waals surface area contributed by atoms with Gasteiger partial charge in [-0.05, 0) is 37.9 Å². The average molecular weight is 412 g/mol. The molecule has 156 valence electrons. The summed E-state index contributed by atoms with van der Waals surface area (Å²) in [6, 6.07) is 2.05. The first-order valence-corrected chi connectivity index (χ1v) is 11.1. The Kier molecular flexibility index (Phi) is 7.13. The number of rotatable bonds is 8. The number of hydrogen-bond donors (Lipinski definition) is 3. The van der Waals surface area contributed by atoms with Gasteiger partial charge in [0, 0.05) is 12.7 Å². The van der Waals surface area contributed by atoms with Gasteiger partial charge in [-0.25, -0.2) is 18.1 Å². The van der Waals surface area contributed by atoms with Gasteiger partial charge in [0.1, 0.15) is 11.9 Å². The zero-order valence-corrected chi connectivity index (χ0v) is 17.7. The normalized spacial score (nSPS) is 18.6. The van der Waals surface area contributed by atoms with Crippen LogP contribution >= 0.6 is 0 Å². The van der Waals surface area contributed by atoms with E-state index >= 15 is 0 Å². The van der Waals surface area contributed by atoms with Gasteiger partial charge >= 0.3 is 0 Å². The van der Waals surface area contributed by atoms with Crippen molar-refractivity contribution in [1.29, 1.82) is 0 Å². The number of hydrogen-bond acceptors (Lipinski definition) is 6. The number of nitrogens with zero attached hydrogens (tertiary/aromatic N) is 2. The molecule has 2 rings (SSSR count). The summed E-state index contributed by atoms with van der Waals surface area (Å²) in [6.07, 6.45) is 3.16. The Balaban J connectivity index is 2.31. The maximum absolute atomic E-state index is 13.4. The molecule has 3 N–H and O–H groups in total. The summed E-state index contributed by atoms with van der Waals surface area (Å²) in [4.78, 5) is 31.6. The molecule has 0 aromatic carbocycles. The van der Waals surface area contributed by atoms with Gasteiger partial charge in [-0.15, -0.1) is 0 Å². The van der Waals surface area contributed by atoms with E-state index in [0.717, 1.165) is 11.8 Å². The lowest BCUT2D eigenvalue weighted by Gasteiger charge is -2.31. The molecule has 9 nitrogen and oxygen atoms in total. The maximum Gasteiger partial charge on any atom is 0.251 e. The third-order valence-corrected chi connectivity index (χ3v) is 5.48. The summed E-state index contributed by atoms with van der Waals surface area (Å²) in [5, 5.41) is 5.66. The number of amides is 2. The van der Waals surface area contributed by atoms with Crippen molar-refractivity contribution in [2.24, 2.45) is 5.92 Å². The molecule has 2 amide bonds. The monoisotopic (exact) mass is 411 g/mol. The van der Waals surface area contributed by atoms with E-state index in [-0.39, 0.29) is 24.3 Å². The van der Waals surface area contributed by atoms with Crippen molar-refractivity contribution in [2.75, 3.05) is 24.7 Å². The van der Waals surface area contributed by atoms with Crippen molar-refractivity contribution < 1.29 is 18.0 Å². The summed E-state index contributed by atoms with van der Waals surface area (Å²) in [5.74, 6) is -0.226. The second kappa shape index (κ2) is 8.97. The molecule has 0 aliphatic carbocycles.